The van der Waals surface area contributed by atoms with Crippen molar-refractivity contribution < 1.29 is 18.9 Å². The summed E-state index contributed by atoms with van der Waals surface area (Å²) in [6, 6.07) is 16.1. The van der Waals surface area contributed by atoms with Crippen LogP contribution in [0.5, 0.6) is 11.5 Å². The molecule has 2 aromatic carbocycles. The summed E-state index contributed by atoms with van der Waals surface area (Å²) in [5.74, 6) is 3.55. The van der Waals surface area contributed by atoms with Gasteiger partial charge in [0.2, 0.25) is 0 Å². The normalized spacial score (nSPS) is 10.6. The summed E-state index contributed by atoms with van der Waals surface area (Å²) in [6.07, 6.45) is 0. The molecule has 0 bridgehead atoms. The number of rotatable bonds is 12. The Morgan fingerprint density at radius 3 is 1.40 bits per heavy atom. The predicted molar refractivity (Wildman–Crippen MR) is 104 cm³/mol. The fraction of sp³-hybridized carbons (Fsp3) is 0.368. The lowest BCUT2D eigenvalue weighted by Crippen LogP contribution is -2.05. The van der Waals surface area contributed by atoms with E-state index in [0.717, 1.165) is 23.0 Å². The molecule has 0 amide bonds. The van der Waals surface area contributed by atoms with Crippen molar-refractivity contribution >= 4 is 23.5 Å². The van der Waals surface area contributed by atoms with Gasteiger partial charge in [-0.15, -0.1) is 23.5 Å². The first-order chi connectivity index (χ1) is 12.3. The number of ether oxygens (including phenoxy) is 4. The zero-order valence-electron chi connectivity index (χ0n) is 14.6. The number of thioether (sulfide) groups is 2. The van der Waals surface area contributed by atoms with Crippen LogP contribution in [-0.4, -0.2) is 45.7 Å². The fourth-order valence-electron chi connectivity index (χ4n) is 1.96. The van der Waals surface area contributed by atoms with Crippen molar-refractivity contribution in [3.63, 3.8) is 0 Å². The smallest absolute Gasteiger partial charge is 0.146 e. The summed E-state index contributed by atoms with van der Waals surface area (Å²) in [6.45, 7) is 1.68. The van der Waals surface area contributed by atoms with Crippen LogP contribution in [0.25, 0.3) is 0 Å². The Bertz CT molecular complexity index is 534. The van der Waals surface area contributed by atoms with E-state index in [0.29, 0.717) is 20.0 Å². The molecule has 0 fully saturated rings. The Labute approximate surface area is 158 Å². The van der Waals surface area contributed by atoms with Gasteiger partial charge in [0.05, 0.1) is 27.4 Å². The number of hydrogen-bond acceptors (Lipinski definition) is 6. The van der Waals surface area contributed by atoms with Gasteiger partial charge in [-0.25, -0.2) is 0 Å². The van der Waals surface area contributed by atoms with Gasteiger partial charge in [0.25, 0.3) is 0 Å². The van der Waals surface area contributed by atoms with Gasteiger partial charge >= 0.3 is 0 Å². The molecule has 0 heterocycles. The third-order valence-corrected chi connectivity index (χ3v) is 5.23. The minimum atomic E-state index is 0.340. The van der Waals surface area contributed by atoms with Crippen LogP contribution in [-0.2, 0) is 9.47 Å². The van der Waals surface area contributed by atoms with Crippen LogP contribution in [0.2, 0.25) is 0 Å². The maximum Gasteiger partial charge on any atom is 0.146 e. The second kappa shape index (κ2) is 12.1. The van der Waals surface area contributed by atoms with Crippen LogP contribution in [0.15, 0.2) is 58.3 Å². The zero-order chi connectivity index (χ0) is 17.7. The molecule has 0 radical (unpaired) electrons. The number of hydrogen-bond donors (Lipinski definition) is 0. The summed E-state index contributed by atoms with van der Waals surface area (Å²) in [5, 5.41) is 0. The van der Waals surface area contributed by atoms with E-state index in [1.807, 2.05) is 24.3 Å². The van der Waals surface area contributed by atoms with Crippen molar-refractivity contribution in [1.29, 1.82) is 0 Å². The molecule has 0 aliphatic carbocycles. The molecule has 2 rings (SSSR count). The lowest BCUT2D eigenvalue weighted by Gasteiger charge is -2.07. The van der Waals surface area contributed by atoms with E-state index in [4.69, 9.17) is 18.9 Å². The molecule has 0 spiro atoms. The van der Waals surface area contributed by atoms with E-state index in [1.165, 1.54) is 9.79 Å². The van der Waals surface area contributed by atoms with E-state index in [-0.39, 0.29) is 0 Å². The monoisotopic (exact) mass is 380 g/mol. The largest absolute Gasteiger partial charge is 0.497 e. The summed E-state index contributed by atoms with van der Waals surface area (Å²) >= 11 is 3.52. The van der Waals surface area contributed by atoms with Crippen LogP contribution < -0.4 is 9.47 Å². The highest BCUT2D eigenvalue weighted by molar-refractivity contribution is 7.99. The van der Waals surface area contributed by atoms with Crippen LogP contribution in [0.1, 0.15) is 0 Å². The Morgan fingerprint density at radius 1 is 0.640 bits per heavy atom. The molecule has 0 saturated carbocycles. The molecule has 0 aliphatic rings. The lowest BCUT2D eigenvalue weighted by molar-refractivity contribution is -0.0426. The standard InChI is InChI=1S/C19H24O4S2/c1-20-16-3-7-18(8-4-16)24-13-11-22-15-23-12-14-25-19-9-5-17(21-2)6-10-19/h3-10H,11-15H2,1-2H3. The maximum absolute atomic E-state index is 5.49. The van der Waals surface area contributed by atoms with Crippen LogP contribution in [0, 0.1) is 0 Å². The molecule has 0 saturated heterocycles. The Hall–Kier alpha value is -1.34. The van der Waals surface area contributed by atoms with Gasteiger partial charge in [-0.05, 0) is 48.5 Å². The predicted octanol–water partition coefficient (Wildman–Crippen LogP) is 4.58. The first kappa shape index (κ1) is 20.0. The molecule has 4 nitrogen and oxygen atoms in total. The van der Waals surface area contributed by atoms with Gasteiger partial charge < -0.3 is 18.9 Å². The molecule has 136 valence electrons. The zero-order valence-corrected chi connectivity index (χ0v) is 16.2. The molecule has 2 aromatic rings. The summed E-state index contributed by atoms with van der Waals surface area (Å²) < 4.78 is 21.3. The topological polar surface area (TPSA) is 36.9 Å². The van der Waals surface area contributed by atoms with Crippen molar-refractivity contribution in [2.45, 2.75) is 9.79 Å². The molecule has 25 heavy (non-hydrogen) atoms. The van der Waals surface area contributed by atoms with Crippen molar-refractivity contribution in [3.8, 4) is 11.5 Å². The molecule has 0 aliphatic heterocycles. The third-order valence-electron chi connectivity index (χ3n) is 3.28. The molecule has 0 atom stereocenters. The lowest BCUT2D eigenvalue weighted by atomic mass is 10.3. The molecule has 0 unspecified atom stereocenters. The van der Waals surface area contributed by atoms with Gasteiger partial charge in [-0.2, -0.15) is 0 Å². The van der Waals surface area contributed by atoms with E-state index in [9.17, 15) is 0 Å². The molecular formula is C19H24O4S2. The van der Waals surface area contributed by atoms with E-state index < -0.39 is 0 Å². The first-order valence-corrected chi connectivity index (χ1v) is 9.98. The van der Waals surface area contributed by atoms with Crippen molar-refractivity contribution in [1.82, 2.24) is 0 Å². The minimum absolute atomic E-state index is 0.340. The molecule has 0 aromatic heterocycles. The second-order valence-electron chi connectivity index (χ2n) is 4.98. The maximum atomic E-state index is 5.49. The highest BCUT2D eigenvalue weighted by Gasteiger charge is 1.98. The van der Waals surface area contributed by atoms with Crippen molar-refractivity contribution in [2.75, 3.05) is 45.7 Å². The fourth-order valence-corrected chi connectivity index (χ4v) is 3.49. The Kier molecular flexibility index (Phi) is 9.66. The SMILES string of the molecule is COc1ccc(SCCOCOCCSc2ccc(OC)cc2)cc1. The second-order valence-corrected chi connectivity index (χ2v) is 7.32. The van der Waals surface area contributed by atoms with Crippen molar-refractivity contribution in [2.24, 2.45) is 0 Å². The van der Waals surface area contributed by atoms with Gasteiger partial charge in [0.15, 0.2) is 0 Å². The summed E-state index contributed by atoms with van der Waals surface area (Å²) in [4.78, 5) is 2.42. The number of benzene rings is 2. The average Bonchev–Trinajstić information content (AvgIpc) is 2.67. The third kappa shape index (κ3) is 8.05. The first-order valence-electron chi connectivity index (χ1n) is 8.01. The van der Waals surface area contributed by atoms with Crippen LogP contribution >= 0.6 is 23.5 Å². The quantitative estimate of drug-likeness (QED) is 0.305. The van der Waals surface area contributed by atoms with Gasteiger partial charge in [0.1, 0.15) is 18.3 Å². The highest BCUT2D eigenvalue weighted by atomic mass is 32.2. The molecule has 0 N–H and O–H groups in total. The van der Waals surface area contributed by atoms with Gasteiger partial charge in [0, 0.05) is 21.3 Å². The number of methoxy groups -OCH3 is 2. The van der Waals surface area contributed by atoms with E-state index >= 15 is 0 Å². The van der Waals surface area contributed by atoms with E-state index in [2.05, 4.69) is 24.3 Å². The Balaban J connectivity index is 1.45. The highest BCUT2D eigenvalue weighted by Crippen LogP contribution is 2.22. The van der Waals surface area contributed by atoms with Crippen LogP contribution in [0.4, 0.5) is 0 Å². The van der Waals surface area contributed by atoms with Gasteiger partial charge in [-0.1, -0.05) is 0 Å². The summed E-state index contributed by atoms with van der Waals surface area (Å²) in [7, 11) is 3.34. The molecular weight excluding hydrogens is 356 g/mol. The minimum Gasteiger partial charge on any atom is -0.497 e. The molecule has 6 heteroatoms. The van der Waals surface area contributed by atoms with Gasteiger partial charge in [-0.3, -0.25) is 0 Å². The van der Waals surface area contributed by atoms with Crippen molar-refractivity contribution in [3.05, 3.63) is 48.5 Å². The summed E-state index contributed by atoms with van der Waals surface area (Å²) in [5.41, 5.74) is 0. The van der Waals surface area contributed by atoms with Crippen LogP contribution in [0.3, 0.4) is 0 Å². The average molecular weight is 381 g/mol. The van der Waals surface area contributed by atoms with E-state index in [1.54, 1.807) is 37.7 Å². The Morgan fingerprint density at radius 2 is 1.04 bits per heavy atom.